The molecule has 212 valence electrons. The van der Waals surface area contributed by atoms with Gasteiger partial charge in [-0.25, -0.2) is 13.8 Å². The number of nitrogens with zero attached hydrogens (tertiary/aromatic N) is 2. The molecule has 4 aromatic rings. The average Bonchev–Trinajstić information content (AvgIpc) is 3.48. The number of nitrogens with one attached hydrogen (secondary N) is 2. The molecule has 13 heteroatoms. The molecule has 0 saturated heterocycles. The molecule has 0 aliphatic carbocycles. The van der Waals surface area contributed by atoms with Crippen LogP contribution < -0.4 is 19.8 Å². The van der Waals surface area contributed by atoms with Gasteiger partial charge in [0.25, 0.3) is 21.8 Å². The molecule has 10 nitrogen and oxygen atoms in total. The number of furan rings is 1. The molecule has 41 heavy (non-hydrogen) atoms. The fraction of sp³-hybridized carbons (Fsp3) is 0.107. The van der Waals surface area contributed by atoms with Gasteiger partial charge < -0.3 is 14.5 Å². The largest absolute Gasteiger partial charge is 0.484 e. The van der Waals surface area contributed by atoms with Crippen LogP contribution >= 0.6 is 23.2 Å². The van der Waals surface area contributed by atoms with Crippen molar-refractivity contribution in [3.63, 3.8) is 0 Å². The van der Waals surface area contributed by atoms with Gasteiger partial charge in [-0.2, -0.15) is 5.10 Å². The number of hydrazone groups is 1. The van der Waals surface area contributed by atoms with E-state index >= 15 is 0 Å². The Labute approximate surface area is 246 Å². The van der Waals surface area contributed by atoms with E-state index in [2.05, 4.69) is 15.8 Å². The number of carbonyl (C=O) groups excluding carboxylic acids is 2. The summed E-state index contributed by atoms with van der Waals surface area (Å²) in [6.45, 7) is -0.468. The Balaban J connectivity index is 1.34. The van der Waals surface area contributed by atoms with Gasteiger partial charge in [0.15, 0.2) is 6.61 Å². The van der Waals surface area contributed by atoms with Gasteiger partial charge in [-0.1, -0.05) is 29.3 Å². The molecule has 2 N–H and O–H groups in total. The van der Waals surface area contributed by atoms with Crippen molar-refractivity contribution in [2.24, 2.45) is 5.10 Å². The van der Waals surface area contributed by atoms with Crippen molar-refractivity contribution in [2.75, 3.05) is 17.5 Å². The maximum atomic E-state index is 13.4. The lowest BCUT2D eigenvalue weighted by Crippen LogP contribution is -2.39. The zero-order chi connectivity index (χ0) is 29.2. The highest BCUT2D eigenvalue weighted by Gasteiger charge is 2.27. The van der Waals surface area contributed by atoms with E-state index in [0.717, 1.165) is 4.31 Å². The summed E-state index contributed by atoms with van der Waals surface area (Å²) < 4.78 is 38.3. The number of ether oxygens (including phenoxy) is 1. The van der Waals surface area contributed by atoms with E-state index in [1.54, 1.807) is 48.5 Å². The molecule has 1 aromatic heterocycles. The summed E-state index contributed by atoms with van der Waals surface area (Å²) in [4.78, 5) is 24.6. The number of amides is 2. The van der Waals surface area contributed by atoms with E-state index in [4.69, 9.17) is 32.4 Å². The normalized spacial score (nSPS) is 11.3. The minimum absolute atomic E-state index is 0.0458. The lowest BCUT2D eigenvalue weighted by Gasteiger charge is -2.23. The standard InChI is InChI=1S/C28H24Cl2N4O6S/c29-21-8-12-26(13-9-21)41(37,38)34(23-4-1-3-22(30)15-23)18-27(35)33-32-16-20-6-10-24(11-7-20)40-19-28(36)31-17-25-5-2-14-39-25/h1-16H,17-19H2,(H,31,36)(H,33,35)/b32-16-. The molecule has 3 aromatic carbocycles. The van der Waals surface area contributed by atoms with Crippen LogP contribution in [0.1, 0.15) is 11.3 Å². The van der Waals surface area contributed by atoms with Crippen molar-refractivity contribution >= 4 is 56.9 Å². The third kappa shape index (κ3) is 8.58. The molecule has 1 heterocycles. The molecule has 0 spiro atoms. The van der Waals surface area contributed by atoms with Crippen LogP contribution in [0.5, 0.6) is 5.75 Å². The van der Waals surface area contributed by atoms with Crippen molar-refractivity contribution in [3.05, 3.63) is 113 Å². The van der Waals surface area contributed by atoms with Crippen molar-refractivity contribution < 1.29 is 27.2 Å². The predicted molar refractivity (Wildman–Crippen MR) is 156 cm³/mol. The number of sulfonamides is 1. The monoisotopic (exact) mass is 614 g/mol. The SMILES string of the molecule is O=C(COc1ccc(/C=N\NC(=O)CN(c2cccc(Cl)c2)S(=O)(=O)c2ccc(Cl)cc2)cc1)NCc1ccco1. The summed E-state index contributed by atoms with van der Waals surface area (Å²) >= 11 is 12.0. The highest BCUT2D eigenvalue weighted by atomic mass is 35.5. The molecule has 4 rings (SSSR count). The van der Waals surface area contributed by atoms with Crippen LogP contribution in [-0.2, 0) is 26.2 Å². The van der Waals surface area contributed by atoms with Gasteiger partial charge in [-0.15, -0.1) is 0 Å². The van der Waals surface area contributed by atoms with Gasteiger partial charge >= 0.3 is 0 Å². The zero-order valence-corrected chi connectivity index (χ0v) is 23.7. The molecule has 0 radical (unpaired) electrons. The van der Waals surface area contributed by atoms with E-state index in [1.165, 1.54) is 48.9 Å². The van der Waals surface area contributed by atoms with Gasteiger partial charge in [0, 0.05) is 10.0 Å². The Hall–Kier alpha value is -4.32. The first-order valence-corrected chi connectivity index (χ1v) is 14.3. The number of halogens is 2. The fourth-order valence-corrected chi connectivity index (χ4v) is 5.20. The summed E-state index contributed by atoms with van der Waals surface area (Å²) in [7, 11) is -4.14. The summed E-state index contributed by atoms with van der Waals surface area (Å²) in [6.07, 6.45) is 2.91. The Bertz CT molecular complexity index is 1610. The zero-order valence-electron chi connectivity index (χ0n) is 21.4. The van der Waals surface area contributed by atoms with Gasteiger partial charge in [-0.3, -0.25) is 13.9 Å². The van der Waals surface area contributed by atoms with Crippen molar-refractivity contribution in [1.29, 1.82) is 0 Å². The van der Waals surface area contributed by atoms with E-state index in [-0.39, 0.29) is 29.6 Å². The fourth-order valence-electron chi connectivity index (χ4n) is 3.47. The number of carbonyl (C=O) groups is 2. The molecule has 0 unspecified atom stereocenters. The second-order valence-electron chi connectivity index (χ2n) is 8.45. The highest BCUT2D eigenvalue weighted by molar-refractivity contribution is 7.92. The molecular weight excluding hydrogens is 591 g/mol. The van der Waals surface area contributed by atoms with E-state index < -0.39 is 22.5 Å². The van der Waals surface area contributed by atoms with Gasteiger partial charge in [0.05, 0.1) is 29.6 Å². The van der Waals surface area contributed by atoms with Crippen LogP contribution in [0.2, 0.25) is 10.0 Å². The van der Waals surface area contributed by atoms with Crippen LogP contribution in [-0.4, -0.2) is 39.6 Å². The molecule has 2 amide bonds. The number of hydrogen-bond donors (Lipinski definition) is 2. The minimum Gasteiger partial charge on any atom is -0.484 e. The van der Waals surface area contributed by atoms with E-state index in [9.17, 15) is 18.0 Å². The number of rotatable bonds is 12. The second kappa shape index (κ2) is 13.8. The van der Waals surface area contributed by atoms with Gasteiger partial charge in [0.2, 0.25) is 0 Å². The quantitative estimate of drug-likeness (QED) is 0.177. The number of benzene rings is 3. The number of hydrogen-bond acceptors (Lipinski definition) is 7. The molecule has 0 fully saturated rings. The van der Waals surface area contributed by atoms with Crippen LogP contribution in [0.3, 0.4) is 0 Å². The summed E-state index contributed by atoms with van der Waals surface area (Å²) in [6, 6.07) is 21.9. The predicted octanol–water partition coefficient (Wildman–Crippen LogP) is 4.63. The summed E-state index contributed by atoms with van der Waals surface area (Å²) in [5.41, 5.74) is 3.17. The third-order valence-electron chi connectivity index (χ3n) is 5.48. The highest BCUT2D eigenvalue weighted by Crippen LogP contribution is 2.26. The maximum Gasteiger partial charge on any atom is 0.264 e. The lowest BCUT2D eigenvalue weighted by atomic mass is 10.2. The Morgan fingerprint density at radius 3 is 2.37 bits per heavy atom. The first kappa shape index (κ1) is 29.7. The summed E-state index contributed by atoms with van der Waals surface area (Å²) in [5.74, 6) is 0.109. The lowest BCUT2D eigenvalue weighted by molar-refractivity contribution is -0.123. The molecule has 0 bridgehead atoms. The van der Waals surface area contributed by atoms with Gasteiger partial charge in [-0.05, 0) is 84.4 Å². The number of anilines is 1. The van der Waals surface area contributed by atoms with Gasteiger partial charge in [0.1, 0.15) is 18.1 Å². The van der Waals surface area contributed by atoms with Crippen LogP contribution in [0.4, 0.5) is 5.69 Å². The second-order valence-corrected chi connectivity index (χ2v) is 11.2. The minimum atomic E-state index is -4.14. The summed E-state index contributed by atoms with van der Waals surface area (Å²) in [5, 5.41) is 7.28. The molecular formula is C28H24Cl2N4O6S. The first-order valence-electron chi connectivity index (χ1n) is 12.1. The Morgan fingerprint density at radius 2 is 1.68 bits per heavy atom. The van der Waals surface area contributed by atoms with Crippen LogP contribution in [0.15, 0.2) is 106 Å². The molecule has 0 saturated carbocycles. The molecule has 0 atom stereocenters. The van der Waals surface area contributed by atoms with Crippen LogP contribution in [0, 0.1) is 0 Å². The maximum absolute atomic E-state index is 13.4. The van der Waals surface area contributed by atoms with Crippen molar-refractivity contribution in [2.45, 2.75) is 11.4 Å². The average molecular weight is 615 g/mol. The molecule has 0 aliphatic rings. The smallest absolute Gasteiger partial charge is 0.264 e. The van der Waals surface area contributed by atoms with Crippen molar-refractivity contribution in [3.8, 4) is 5.75 Å². The topological polar surface area (TPSA) is 130 Å². The van der Waals surface area contributed by atoms with E-state index in [0.29, 0.717) is 27.1 Å². The third-order valence-corrected chi connectivity index (χ3v) is 7.75. The Kier molecular flexibility index (Phi) is 10.0. The molecule has 0 aliphatic heterocycles. The van der Waals surface area contributed by atoms with Crippen LogP contribution in [0.25, 0.3) is 0 Å². The van der Waals surface area contributed by atoms with E-state index in [1.807, 2.05) is 0 Å². The van der Waals surface area contributed by atoms with Crippen molar-refractivity contribution in [1.82, 2.24) is 10.7 Å². The first-order chi connectivity index (χ1) is 19.7. The Morgan fingerprint density at radius 1 is 0.927 bits per heavy atom.